The Morgan fingerprint density at radius 2 is 1.16 bits per heavy atom. The fraction of sp³-hybridized carbons (Fsp3) is 0.333. The zero-order chi connectivity index (χ0) is 15.6. The molecule has 0 aromatic carbocycles. The summed E-state index contributed by atoms with van der Waals surface area (Å²) in [4.78, 5) is 21.7. The van der Waals surface area contributed by atoms with Crippen LogP contribution in [-0.2, 0) is 14.5 Å². The summed E-state index contributed by atoms with van der Waals surface area (Å²) >= 11 is 0. The van der Waals surface area contributed by atoms with Crippen LogP contribution in [0.3, 0.4) is 0 Å². The fourth-order valence-corrected chi connectivity index (χ4v) is 0.151. The molecule has 0 bridgehead atoms. The molecule has 0 aliphatic rings. The third-order valence-electron chi connectivity index (χ3n) is 0.382. The molecule has 0 radical (unpaired) electrons. The minimum absolute atomic E-state index is 0. The van der Waals surface area contributed by atoms with Crippen molar-refractivity contribution in [2.24, 2.45) is 0 Å². The maximum atomic E-state index is 10.6. The van der Waals surface area contributed by atoms with Gasteiger partial charge in [0.15, 0.2) is 0 Å². The fourth-order valence-electron chi connectivity index (χ4n) is 0.151. The molecule has 0 fully saturated rings. The van der Waals surface area contributed by atoms with Gasteiger partial charge in [-0.2, -0.15) is 0 Å². The van der Waals surface area contributed by atoms with Crippen LogP contribution >= 0.6 is 0 Å². The van der Waals surface area contributed by atoms with Crippen molar-refractivity contribution in [1.29, 1.82) is 0 Å². The van der Waals surface area contributed by atoms with Crippen molar-refractivity contribution in [2.45, 2.75) is 6.42 Å². The SMILES string of the molecule is F[B-](F)(F)F.F[B-](F)(F)F.O=C(O)CC(=O)OF.[H-].[Li+]. The Morgan fingerprint density at radius 3 is 1.21 bits per heavy atom. The van der Waals surface area contributed by atoms with E-state index in [9.17, 15) is 48.6 Å². The minimum atomic E-state index is -6.00. The van der Waals surface area contributed by atoms with E-state index in [0.717, 1.165) is 0 Å². The molecule has 0 heterocycles. The van der Waals surface area contributed by atoms with Gasteiger partial charge in [0, 0.05) is 4.53 Å². The summed E-state index contributed by atoms with van der Waals surface area (Å²) in [6, 6.07) is 0. The van der Waals surface area contributed by atoms with Crippen molar-refractivity contribution in [3.63, 3.8) is 0 Å². The van der Waals surface area contributed by atoms with E-state index in [4.69, 9.17) is 5.11 Å². The molecule has 0 aliphatic carbocycles. The molecule has 0 unspecified atom stereocenters. The van der Waals surface area contributed by atoms with Crippen LogP contribution in [0, 0.1) is 0 Å². The summed E-state index contributed by atoms with van der Waals surface area (Å²) < 4.78 is 88.6. The third kappa shape index (κ3) is 152. The van der Waals surface area contributed by atoms with Gasteiger partial charge in [0.05, 0.1) is 0 Å². The average molecular weight is 304 g/mol. The number of carbonyl (C=O) groups excluding carboxylic acids is 1. The van der Waals surface area contributed by atoms with E-state index in [0.29, 0.717) is 0 Å². The predicted molar refractivity (Wildman–Crippen MR) is 40.9 cm³/mol. The van der Waals surface area contributed by atoms with Crippen molar-refractivity contribution in [1.82, 2.24) is 0 Å². The standard InChI is InChI=1S/C3H3FO4.2BF4.Li.H/c4-8-3(7)1-2(5)6;2*2-1(3,4)5;;/h1H2,(H,5,6);;;;/q;2*-1;+1;-1. The van der Waals surface area contributed by atoms with Crippen molar-refractivity contribution < 1.29 is 79.0 Å². The third-order valence-corrected chi connectivity index (χ3v) is 0.382. The second-order valence-electron chi connectivity index (χ2n) is 2.01. The van der Waals surface area contributed by atoms with Crippen molar-refractivity contribution in [3.8, 4) is 0 Å². The normalized spacial score (nSPS) is 9.74. The Hall–Kier alpha value is -0.963. The summed E-state index contributed by atoms with van der Waals surface area (Å²) in [5.41, 5.74) is 0. The largest absolute Gasteiger partial charge is 1.00 e. The van der Waals surface area contributed by atoms with Crippen LogP contribution in [0.5, 0.6) is 0 Å². The molecule has 0 saturated carbocycles. The van der Waals surface area contributed by atoms with Crippen molar-refractivity contribution in [3.05, 3.63) is 0 Å². The molecule has 0 aromatic rings. The van der Waals surface area contributed by atoms with Gasteiger partial charge in [-0.1, -0.05) is 0 Å². The molecule has 0 amide bonds. The molecular formula is C3H4B2F9LiO4-2. The van der Waals surface area contributed by atoms with E-state index in [1.54, 1.807) is 0 Å². The Bertz CT molecular complexity index is 237. The second-order valence-corrected chi connectivity index (χ2v) is 2.01. The maximum absolute atomic E-state index is 10.6. The molecule has 0 spiro atoms. The first kappa shape index (κ1) is 26.6. The summed E-state index contributed by atoms with van der Waals surface area (Å²) in [7, 11) is -12.0. The van der Waals surface area contributed by atoms with Crippen LogP contribution in [0.15, 0.2) is 0 Å². The number of hydrogen-bond acceptors (Lipinski definition) is 3. The predicted octanol–water partition coefficient (Wildman–Crippen LogP) is -0.395. The molecular weight excluding hydrogens is 300 g/mol. The van der Waals surface area contributed by atoms with Gasteiger partial charge >= 0.3 is 45.3 Å². The van der Waals surface area contributed by atoms with Gasteiger partial charge in [0.25, 0.3) is 0 Å². The first-order chi connectivity index (χ1) is 7.66. The van der Waals surface area contributed by atoms with E-state index >= 15 is 0 Å². The number of aliphatic carboxylic acids is 1. The van der Waals surface area contributed by atoms with Gasteiger partial charge in [-0.3, -0.25) is 9.74 Å². The number of carbonyl (C=O) groups is 2. The summed E-state index contributed by atoms with van der Waals surface area (Å²) in [5, 5.41) is 7.75. The molecule has 0 rings (SSSR count). The van der Waals surface area contributed by atoms with Crippen LogP contribution in [-0.4, -0.2) is 31.6 Å². The van der Waals surface area contributed by atoms with E-state index < -0.39 is 32.9 Å². The van der Waals surface area contributed by atoms with Gasteiger partial charge in [0.2, 0.25) is 0 Å². The Balaban J connectivity index is -0.0000000558. The number of carboxylic acid groups (broad SMARTS) is 1. The molecule has 19 heavy (non-hydrogen) atoms. The Labute approximate surface area is 113 Å². The molecule has 0 saturated heterocycles. The number of hydrogen-bond donors (Lipinski definition) is 1. The van der Waals surface area contributed by atoms with Gasteiger partial charge in [0.1, 0.15) is 6.42 Å². The van der Waals surface area contributed by atoms with Crippen LogP contribution in [0.4, 0.5) is 39.1 Å². The van der Waals surface area contributed by atoms with Gasteiger partial charge < -0.3 is 41.1 Å². The number of halogens is 9. The van der Waals surface area contributed by atoms with E-state index in [1.165, 1.54) is 0 Å². The molecule has 0 aliphatic heterocycles. The zero-order valence-corrected chi connectivity index (χ0v) is 8.94. The molecule has 112 valence electrons. The van der Waals surface area contributed by atoms with Crippen LogP contribution in [0.2, 0.25) is 0 Å². The smallest absolute Gasteiger partial charge is 1.00 e. The van der Waals surface area contributed by atoms with Gasteiger partial charge in [-0.25, -0.2) is 4.79 Å². The number of carboxylic acids is 1. The van der Waals surface area contributed by atoms with E-state index in [2.05, 4.69) is 4.94 Å². The van der Waals surface area contributed by atoms with Crippen molar-refractivity contribution in [2.75, 3.05) is 0 Å². The first-order valence-electron chi connectivity index (χ1n) is 3.44. The van der Waals surface area contributed by atoms with Gasteiger partial charge in [-0.05, 0) is 0 Å². The van der Waals surface area contributed by atoms with Crippen LogP contribution in [0.25, 0.3) is 0 Å². The van der Waals surface area contributed by atoms with Crippen molar-refractivity contribution >= 4 is 26.4 Å². The van der Waals surface area contributed by atoms with Gasteiger partial charge in [-0.15, -0.1) is 0 Å². The minimum Gasteiger partial charge on any atom is -1.00 e. The second kappa shape index (κ2) is 12.1. The Morgan fingerprint density at radius 1 is 0.947 bits per heavy atom. The monoisotopic (exact) mass is 304 g/mol. The molecule has 16 heteroatoms. The van der Waals surface area contributed by atoms with Crippen LogP contribution < -0.4 is 18.9 Å². The summed E-state index contributed by atoms with van der Waals surface area (Å²) in [6.45, 7) is 0. The topological polar surface area (TPSA) is 63.6 Å². The summed E-state index contributed by atoms with van der Waals surface area (Å²) in [6.07, 6.45) is -0.934. The number of rotatable bonds is 2. The summed E-state index contributed by atoms with van der Waals surface area (Å²) in [5.74, 6) is -2.80. The Kier molecular flexibility index (Phi) is 16.9. The van der Waals surface area contributed by atoms with Crippen LogP contribution in [0.1, 0.15) is 7.85 Å². The molecule has 0 aromatic heterocycles. The molecule has 0 atom stereocenters. The maximum Gasteiger partial charge on any atom is 1.00 e. The molecule has 1 N–H and O–H groups in total. The zero-order valence-electron chi connectivity index (χ0n) is 9.94. The molecule has 4 nitrogen and oxygen atoms in total. The van der Waals surface area contributed by atoms with E-state index in [-0.39, 0.29) is 20.3 Å². The first-order valence-corrected chi connectivity index (χ1v) is 3.44. The quantitative estimate of drug-likeness (QED) is 0.428. The van der Waals surface area contributed by atoms with E-state index in [1.807, 2.05) is 0 Å². The average Bonchev–Trinajstić information content (AvgIpc) is 1.96.